The van der Waals surface area contributed by atoms with Gasteiger partial charge in [0.15, 0.2) is 17.2 Å². The first kappa shape index (κ1) is 24.3. The van der Waals surface area contributed by atoms with Crippen molar-refractivity contribution in [3.8, 4) is 45.5 Å². The minimum Gasteiger partial charge on any atom is -0.497 e. The number of esters is 2. The number of nitrogens with zero attached hydrogens (tertiary/aromatic N) is 2. The van der Waals surface area contributed by atoms with Gasteiger partial charge in [-0.1, -0.05) is 0 Å². The van der Waals surface area contributed by atoms with E-state index in [0.29, 0.717) is 34.1 Å². The van der Waals surface area contributed by atoms with Gasteiger partial charge < -0.3 is 28.4 Å². The summed E-state index contributed by atoms with van der Waals surface area (Å²) in [6.45, 7) is 0. The molecule has 3 aromatic rings. The quantitative estimate of drug-likeness (QED) is 0.455. The molecule has 0 saturated heterocycles. The molecule has 0 unspecified atom stereocenters. The van der Waals surface area contributed by atoms with Crippen LogP contribution in [-0.4, -0.2) is 64.6 Å². The molecule has 0 bridgehead atoms. The van der Waals surface area contributed by atoms with Crippen LogP contribution in [0.15, 0.2) is 36.4 Å². The summed E-state index contributed by atoms with van der Waals surface area (Å²) in [5.74, 6) is 0.320. The molecule has 1 heterocycles. The van der Waals surface area contributed by atoms with Gasteiger partial charge in [-0.3, -0.25) is 0 Å². The van der Waals surface area contributed by atoms with E-state index in [0.717, 1.165) is 0 Å². The maximum atomic E-state index is 12.8. The third-order valence-electron chi connectivity index (χ3n) is 4.92. The molecular weight excluding hydrogens is 444 g/mol. The first-order valence-corrected chi connectivity index (χ1v) is 9.94. The molecule has 0 fully saturated rings. The Morgan fingerprint density at radius 2 is 0.912 bits per heavy atom. The number of carbonyl (C=O) groups is 2. The molecule has 0 amide bonds. The maximum Gasteiger partial charge on any atom is 0.357 e. The Morgan fingerprint density at radius 3 is 1.24 bits per heavy atom. The van der Waals surface area contributed by atoms with Crippen LogP contribution in [0.5, 0.6) is 23.0 Å². The molecule has 0 aliphatic rings. The van der Waals surface area contributed by atoms with E-state index in [9.17, 15) is 9.59 Å². The van der Waals surface area contributed by atoms with Gasteiger partial charge in [0.1, 0.15) is 23.0 Å². The van der Waals surface area contributed by atoms with Crippen LogP contribution in [0.2, 0.25) is 0 Å². The van der Waals surface area contributed by atoms with E-state index in [2.05, 4.69) is 9.97 Å². The summed E-state index contributed by atoms with van der Waals surface area (Å²) in [7, 11) is 8.39. The monoisotopic (exact) mass is 468 g/mol. The predicted molar refractivity (Wildman–Crippen MR) is 122 cm³/mol. The summed E-state index contributed by atoms with van der Waals surface area (Å²) >= 11 is 0. The van der Waals surface area contributed by atoms with Gasteiger partial charge in [-0.15, -0.1) is 0 Å². The van der Waals surface area contributed by atoms with Gasteiger partial charge >= 0.3 is 11.9 Å². The van der Waals surface area contributed by atoms with Crippen molar-refractivity contribution in [2.24, 2.45) is 0 Å². The average Bonchev–Trinajstić information content (AvgIpc) is 2.90. The third-order valence-corrected chi connectivity index (χ3v) is 4.92. The molecule has 0 N–H and O–H groups in total. The number of hydrogen-bond donors (Lipinski definition) is 0. The number of rotatable bonds is 8. The molecule has 3 rings (SSSR count). The fourth-order valence-electron chi connectivity index (χ4n) is 3.24. The molecule has 10 heteroatoms. The first-order chi connectivity index (χ1) is 16.4. The lowest BCUT2D eigenvalue weighted by molar-refractivity contribution is 0.0592. The van der Waals surface area contributed by atoms with Gasteiger partial charge in [0, 0.05) is 23.3 Å². The van der Waals surface area contributed by atoms with Crippen LogP contribution in [0, 0.1) is 0 Å². The zero-order valence-electron chi connectivity index (χ0n) is 19.6. The summed E-state index contributed by atoms with van der Waals surface area (Å²) in [4.78, 5) is 34.6. The van der Waals surface area contributed by atoms with E-state index in [-0.39, 0.29) is 22.8 Å². The van der Waals surface area contributed by atoms with Crippen molar-refractivity contribution in [2.45, 2.75) is 0 Å². The minimum atomic E-state index is -0.777. The lowest BCUT2D eigenvalue weighted by Crippen LogP contribution is -2.16. The van der Waals surface area contributed by atoms with Crippen molar-refractivity contribution in [3.63, 3.8) is 0 Å². The Hall–Kier alpha value is -4.34. The summed E-state index contributed by atoms with van der Waals surface area (Å²) < 4.78 is 31.2. The highest BCUT2D eigenvalue weighted by atomic mass is 16.5. The zero-order chi connectivity index (χ0) is 24.8. The molecule has 34 heavy (non-hydrogen) atoms. The lowest BCUT2D eigenvalue weighted by atomic mass is 10.00. The molecule has 0 saturated carbocycles. The van der Waals surface area contributed by atoms with E-state index >= 15 is 0 Å². The normalized spacial score (nSPS) is 10.3. The third kappa shape index (κ3) is 4.85. The molecular formula is C24H24N2O8. The van der Waals surface area contributed by atoms with E-state index in [4.69, 9.17) is 28.4 Å². The van der Waals surface area contributed by atoms with E-state index in [1.807, 2.05) is 0 Å². The SMILES string of the molecule is COC(=O)c1nc(-c2cc(OC)cc(OC)c2)nc(C(=O)OC)c1-c1cc(OC)cc(OC)c1. The highest BCUT2D eigenvalue weighted by Crippen LogP contribution is 2.36. The second-order valence-electron chi connectivity index (χ2n) is 6.81. The van der Waals surface area contributed by atoms with Crippen LogP contribution in [-0.2, 0) is 9.47 Å². The van der Waals surface area contributed by atoms with Gasteiger partial charge in [-0.25, -0.2) is 19.6 Å². The van der Waals surface area contributed by atoms with Crippen molar-refractivity contribution in [1.29, 1.82) is 0 Å². The molecule has 0 radical (unpaired) electrons. The number of ether oxygens (including phenoxy) is 6. The first-order valence-electron chi connectivity index (χ1n) is 9.94. The van der Waals surface area contributed by atoms with Crippen LogP contribution in [0.4, 0.5) is 0 Å². The lowest BCUT2D eigenvalue weighted by Gasteiger charge is -2.16. The molecule has 178 valence electrons. The predicted octanol–water partition coefficient (Wildman–Crippen LogP) is 3.42. The molecule has 2 aromatic carbocycles. The Kier molecular flexibility index (Phi) is 7.52. The number of carbonyl (C=O) groups excluding carboxylic acids is 2. The van der Waals surface area contributed by atoms with Crippen molar-refractivity contribution >= 4 is 11.9 Å². The van der Waals surface area contributed by atoms with Gasteiger partial charge in [-0.05, 0) is 29.8 Å². The molecule has 10 nitrogen and oxygen atoms in total. The van der Waals surface area contributed by atoms with Crippen LogP contribution in [0.1, 0.15) is 21.0 Å². The largest absolute Gasteiger partial charge is 0.497 e. The molecule has 0 aliphatic heterocycles. The van der Waals surface area contributed by atoms with Crippen molar-refractivity contribution in [1.82, 2.24) is 9.97 Å². The summed E-state index contributed by atoms with van der Waals surface area (Å²) in [5, 5.41) is 0. The fraction of sp³-hybridized carbons (Fsp3) is 0.250. The van der Waals surface area contributed by atoms with E-state index in [1.165, 1.54) is 42.7 Å². The van der Waals surface area contributed by atoms with Crippen LogP contribution in [0.3, 0.4) is 0 Å². The van der Waals surface area contributed by atoms with Gasteiger partial charge in [0.05, 0.1) is 42.7 Å². The highest BCUT2D eigenvalue weighted by Gasteiger charge is 2.28. The Labute approximate surface area is 196 Å². The molecule has 0 spiro atoms. The molecule has 0 aliphatic carbocycles. The maximum absolute atomic E-state index is 12.8. The smallest absolute Gasteiger partial charge is 0.357 e. The van der Waals surface area contributed by atoms with Crippen LogP contribution >= 0.6 is 0 Å². The second kappa shape index (κ2) is 10.5. The summed E-state index contributed by atoms with van der Waals surface area (Å²) in [6, 6.07) is 9.85. The highest BCUT2D eigenvalue weighted by molar-refractivity contribution is 6.04. The van der Waals surface area contributed by atoms with Gasteiger partial charge in [-0.2, -0.15) is 0 Å². The Bertz CT molecular complexity index is 1140. The summed E-state index contributed by atoms with van der Waals surface area (Å²) in [5.41, 5.74) is 0.651. The van der Waals surface area contributed by atoms with Crippen molar-refractivity contribution < 1.29 is 38.0 Å². The number of hydrogen-bond acceptors (Lipinski definition) is 10. The average molecular weight is 468 g/mol. The minimum absolute atomic E-state index is 0.0663. The van der Waals surface area contributed by atoms with Crippen LogP contribution in [0.25, 0.3) is 22.5 Å². The molecule has 0 atom stereocenters. The number of benzene rings is 2. The van der Waals surface area contributed by atoms with E-state index < -0.39 is 11.9 Å². The van der Waals surface area contributed by atoms with Crippen molar-refractivity contribution in [2.75, 3.05) is 42.7 Å². The number of aromatic nitrogens is 2. The van der Waals surface area contributed by atoms with Crippen molar-refractivity contribution in [3.05, 3.63) is 47.8 Å². The zero-order valence-corrected chi connectivity index (χ0v) is 19.6. The molecule has 1 aromatic heterocycles. The Morgan fingerprint density at radius 1 is 0.559 bits per heavy atom. The summed E-state index contributed by atoms with van der Waals surface area (Å²) in [6.07, 6.45) is 0. The number of methoxy groups -OCH3 is 6. The van der Waals surface area contributed by atoms with Gasteiger partial charge in [0.25, 0.3) is 0 Å². The Balaban J connectivity index is 2.40. The fourth-order valence-corrected chi connectivity index (χ4v) is 3.24. The van der Waals surface area contributed by atoms with E-state index in [1.54, 1.807) is 36.4 Å². The van der Waals surface area contributed by atoms with Gasteiger partial charge in [0.2, 0.25) is 0 Å². The second-order valence-corrected chi connectivity index (χ2v) is 6.81. The standard InChI is InChI=1S/C24H24N2O8/c1-29-15-7-13(8-16(11-15)30-2)19-20(23(27)33-5)25-22(26-21(19)24(28)34-6)14-9-17(31-3)12-18(10-14)32-4/h7-12H,1-6H3. The van der Waals surface area contributed by atoms with Crippen LogP contribution < -0.4 is 18.9 Å². The topological polar surface area (TPSA) is 115 Å².